The molecule has 0 bridgehead atoms. The van der Waals surface area contributed by atoms with Crippen LogP contribution in [-0.4, -0.2) is 38.0 Å². The minimum Gasteiger partial charge on any atom is -0.733 e. The van der Waals surface area contributed by atoms with E-state index in [9.17, 15) is 10.3 Å². The van der Waals surface area contributed by atoms with E-state index in [1.54, 1.807) is 12.1 Å². The van der Waals surface area contributed by atoms with Gasteiger partial charge in [-0.3, -0.25) is 10.1 Å². The van der Waals surface area contributed by atoms with Crippen molar-refractivity contribution in [3.63, 3.8) is 0 Å². The molecule has 146 valence electrons. The molecule has 2 heterocycles. The van der Waals surface area contributed by atoms with E-state index >= 15 is 0 Å². The number of anilines is 1. The number of likely N-dealkylation sites (tertiary alicyclic amines) is 1. The molecular weight excluding hydrogens is 384 g/mol. The first-order chi connectivity index (χ1) is 13.5. The number of aliphatic hydroxyl groups is 1. The van der Waals surface area contributed by atoms with Gasteiger partial charge in [0.25, 0.3) is 0 Å². The lowest BCUT2D eigenvalue weighted by molar-refractivity contribution is 0.169. The van der Waals surface area contributed by atoms with Crippen molar-refractivity contribution in [2.24, 2.45) is 0 Å². The van der Waals surface area contributed by atoms with Crippen molar-refractivity contribution >= 4 is 17.3 Å². The van der Waals surface area contributed by atoms with Gasteiger partial charge in [-0.05, 0) is 36.2 Å². The van der Waals surface area contributed by atoms with Gasteiger partial charge in [-0.15, -0.1) is 0 Å². The Bertz CT molecular complexity index is 947. The molecule has 0 amide bonds. The smallest absolute Gasteiger partial charge is 0.244 e. The van der Waals surface area contributed by atoms with E-state index in [4.69, 9.17) is 21.3 Å². The van der Waals surface area contributed by atoms with Crippen LogP contribution in [0.4, 0.5) is 5.69 Å². The molecule has 0 saturated carbocycles. The van der Waals surface area contributed by atoms with Gasteiger partial charge >= 0.3 is 0 Å². The summed E-state index contributed by atoms with van der Waals surface area (Å²) in [4.78, 5) is 6.53. The Morgan fingerprint density at radius 2 is 2.04 bits per heavy atom. The van der Waals surface area contributed by atoms with Gasteiger partial charge in [-0.25, -0.2) is 0 Å². The van der Waals surface area contributed by atoms with E-state index in [0.717, 1.165) is 5.56 Å². The van der Waals surface area contributed by atoms with E-state index in [2.05, 4.69) is 15.0 Å². The molecule has 1 saturated heterocycles. The summed E-state index contributed by atoms with van der Waals surface area (Å²) >= 11 is 5.94. The first kappa shape index (κ1) is 18.9. The van der Waals surface area contributed by atoms with E-state index in [0.29, 0.717) is 41.8 Å². The lowest BCUT2D eigenvalue weighted by Gasteiger charge is -2.21. The Labute approximate surface area is 166 Å². The van der Waals surface area contributed by atoms with Crippen molar-refractivity contribution in [1.29, 1.82) is 0 Å². The first-order valence-electron chi connectivity index (χ1n) is 8.76. The quantitative estimate of drug-likeness (QED) is 0.626. The van der Waals surface area contributed by atoms with E-state index < -0.39 is 6.10 Å². The molecule has 9 heteroatoms. The van der Waals surface area contributed by atoms with Crippen LogP contribution in [0.25, 0.3) is 11.4 Å². The van der Waals surface area contributed by atoms with Gasteiger partial charge in [0.1, 0.15) is 0 Å². The lowest BCUT2D eigenvalue weighted by Crippen LogP contribution is -2.24. The maximum Gasteiger partial charge on any atom is 0.244 e. The van der Waals surface area contributed by atoms with Crippen molar-refractivity contribution in [2.75, 3.05) is 11.8 Å². The van der Waals surface area contributed by atoms with Crippen molar-refractivity contribution in [1.82, 2.24) is 15.0 Å². The van der Waals surface area contributed by atoms with Crippen LogP contribution in [-0.2, 0) is 6.54 Å². The van der Waals surface area contributed by atoms with E-state index in [1.807, 2.05) is 24.3 Å². The Balaban J connectivity index is 1.56. The highest BCUT2D eigenvalue weighted by Gasteiger charge is 2.35. The fourth-order valence-electron chi connectivity index (χ4n) is 3.39. The summed E-state index contributed by atoms with van der Waals surface area (Å²) in [5, 5.41) is 34.8. The van der Waals surface area contributed by atoms with Crippen molar-refractivity contribution in [2.45, 2.75) is 25.1 Å². The van der Waals surface area contributed by atoms with Crippen LogP contribution in [0.1, 0.15) is 23.9 Å². The number of nitrogens with zero attached hydrogens (tertiary/aromatic N) is 4. The van der Waals surface area contributed by atoms with Gasteiger partial charge in [0.2, 0.25) is 11.7 Å². The minimum atomic E-state index is -0.487. The molecule has 1 aromatic heterocycles. The molecule has 1 aliphatic rings. The van der Waals surface area contributed by atoms with Crippen LogP contribution >= 0.6 is 11.6 Å². The highest BCUT2D eigenvalue weighted by atomic mass is 35.5. The normalized spacial score (nSPS) is 19.9. The van der Waals surface area contributed by atoms with E-state index in [-0.39, 0.29) is 17.0 Å². The van der Waals surface area contributed by atoms with Gasteiger partial charge in [0.15, 0.2) is 0 Å². The zero-order valence-electron chi connectivity index (χ0n) is 14.8. The zero-order valence-corrected chi connectivity index (χ0v) is 15.5. The van der Waals surface area contributed by atoms with Gasteiger partial charge < -0.3 is 20.1 Å². The monoisotopic (exact) mass is 401 g/mol. The predicted octanol–water partition coefficient (Wildman–Crippen LogP) is 3.39. The van der Waals surface area contributed by atoms with Crippen LogP contribution < -0.4 is 5.23 Å². The van der Waals surface area contributed by atoms with Crippen LogP contribution in [0.2, 0.25) is 5.02 Å². The summed E-state index contributed by atoms with van der Waals surface area (Å²) in [5.41, 5.74) is 1.68. The summed E-state index contributed by atoms with van der Waals surface area (Å²) in [6.07, 6.45) is -0.000328. The number of hydrogen-bond acceptors (Lipinski definition) is 8. The number of halogens is 1. The molecule has 0 spiro atoms. The molecule has 3 aromatic rings. The third-order valence-electron chi connectivity index (χ3n) is 4.73. The topological polar surface area (TPSA) is 109 Å². The van der Waals surface area contributed by atoms with Crippen molar-refractivity contribution in [3.8, 4) is 11.4 Å². The molecular formula is C19H18ClN4O4-. The van der Waals surface area contributed by atoms with Gasteiger partial charge in [-0.1, -0.05) is 41.0 Å². The number of rotatable bonds is 5. The Kier molecular flexibility index (Phi) is 5.29. The summed E-state index contributed by atoms with van der Waals surface area (Å²) in [5.74, 6) is 0.709. The fraction of sp³-hybridized carbons (Fsp3) is 0.263. The SMILES string of the molecule is [O-]N(O)c1cccc(-c2noc(C3CC(O)CN3Cc3ccc(Cl)cc3)n2)c1. The van der Waals surface area contributed by atoms with Crippen molar-refractivity contribution in [3.05, 3.63) is 70.2 Å². The number of β-amino-alcohol motifs (C(OH)–C–C–N with tert-alkyl or cyclic N) is 1. The second kappa shape index (κ2) is 7.86. The average molecular weight is 402 g/mol. The maximum atomic E-state index is 11.1. The predicted molar refractivity (Wildman–Crippen MR) is 103 cm³/mol. The standard InChI is InChI=1S/C19H18ClN4O4/c20-14-6-4-12(5-7-14)10-23-11-16(25)9-17(23)19-21-18(22-28-19)13-2-1-3-15(8-13)24(26)27/h1-8,16-17,25-26H,9-11H2/q-1. The number of aliphatic hydroxyl groups excluding tert-OH is 1. The summed E-state index contributed by atoms with van der Waals surface area (Å²) < 4.78 is 5.45. The molecule has 28 heavy (non-hydrogen) atoms. The molecule has 2 N–H and O–H groups in total. The molecule has 0 radical (unpaired) electrons. The molecule has 8 nitrogen and oxygen atoms in total. The Morgan fingerprint density at radius 3 is 2.79 bits per heavy atom. The third kappa shape index (κ3) is 4.01. The summed E-state index contributed by atoms with van der Waals surface area (Å²) in [6.45, 7) is 1.11. The molecule has 1 fully saturated rings. The molecule has 2 atom stereocenters. The highest BCUT2D eigenvalue weighted by Crippen LogP contribution is 2.34. The second-order valence-corrected chi connectivity index (χ2v) is 7.18. The minimum absolute atomic E-state index is 0.0736. The average Bonchev–Trinajstić information content (AvgIpc) is 3.30. The number of hydrogen-bond donors (Lipinski definition) is 2. The Hall–Kier alpha value is -2.49. The largest absolute Gasteiger partial charge is 0.733 e. The molecule has 1 aliphatic heterocycles. The fourth-order valence-corrected chi connectivity index (χ4v) is 3.51. The Morgan fingerprint density at radius 1 is 1.25 bits per heavy atom. The number of benzene rings is 2. The first-order valence-corrected chi connectivity index (χ1v) is 9.14. The van der Waals surface area contributed by atoms with Crippen molar-refractivity contribution < 1.29 is 14.8 Å². The molecule has 4 rings (SSSR count). The third-order valence-corrected chi connectivity index (χ3v) is 4.98. The highest BCUT2D eigenvalue weighted by molar-refractivity contribution is 6.30. The van der Waals surface area contributed by atoms with Crippen LogP contribution in [0.5, 0.6) is 0 Å². The summed E-state index contributed by atoms with van der Waals surface area (Å²) in [7, 11) is 0. The van der Waals surface area contributed by atoms with Gasteiger partial charge in [0, 0.05) is 23.7 Å². The number of aromatic nitrogens is 2. The zero-order chi connectivity index (χ0) is 19.7. The van der Waals surface area contributed by atoms with Crippen LogP contribution in [0, 0.1) is 5.21 Å². The molecule has 0 aliphatic carbocycles. The molecule has 2 aromatic carbocycles. The second-order valence-electron chi connectivity index (χ2n) is 6.74. The van der Waals surface area contributed by atoms with E-state index in [1.165, 1.54) is 12.1 Å². The van der Waals surface area contributed by atoms with Crippen LogP contribution in [0.15, 0.2) is 53.1 Å². The molecule has 2 unspecified atom stereocenters. The summed E-state index contributed by atoms with van der Waals surface area (Å²) in [6, 6.07) is 13.6. The van der Waals surface area contributed by atoms with Gasteiger partial charge in [-0.2, -0.15) is 4.98 Å². The maximum absolute atomic E-state index is 11.1. The van der Waals surface area contributed by atoms with Crippen LogP contribution in [0.3, 0.4) is 0 Å². The van der Waals surface area contributed by atoms with Gasteiger partial charge in [0.05, 0.1) is 17.8 Å². The lowest BCUT2D eigenvalue weighted by atomic mass is 10.1.